The Bertz CT molecular complexity index is 318. The van der Waals surface area contributed by atoms with Crippen LogP contribution >= 0.6 is 0 Å². The summed E-state index contributed by atoms with van der Waals surface area (Å²) in [4.78, 5) is 6.89. The zero-order chi connectivity index (χ0) is 9.42. The second-order valence-electron chi connectivity index (χ2n) is 4.12. The van der Waals surface area contributed by atoms with Crippen molar-refractivity contribution in [1.29, 1.82) is 0 Å². The molecule has 0 saturated heterocycles. The molecule has 0 amide bonds. The van der Waals surface area contributed by atoms with Gasteiger partial charge in [-0.3, -0.25) is 9.88 Å². The Labute approximate surface area is 79.6 Å². The minimum atomic E-state index is 0.620. The van der Waals surface area contributed by atoms with Crippen LogP contribution in [0.15, 0.2) is 12.3 Å². The third kappa shape index (κ3) is 1.59. The number of aryl methyl sites for hydroxylation is 1. The zero-order valence-corrected chi connectivity index (χ0v) is 8.54. The van der Waals surface area contributed by atoms with Crippen LogP contribution < -0.4 is 0 Å². The summed E-state index contributed by atoms with van der Waals surface area (Å²) in [6.45, 7) is 8.66. The van der Waals surface area contributed by atoms with Crippen LogP contribution in [0.1, 0.15) is 30.7 Å². The van der Waals surface area contributed by atoms with Gasteiger partial charge in [-0.1, -0.05) is 6.07 Å². The maximum atomic E-state index is 4.45. The largest absolute Gasteiger partial charge is 0.291 e. The lowest BCUT2D eigenvalue weighted by molar-refractivity contribution is 0.226. The van der Waals surface area contributed by atoms with E-state index in [4.69, 9.17) is 0 Å². The monoisotopic (exact) mass is 176 g/mol. The molecule has 0 atom stereocenters. The van der Waals surface area contributed by atoms with Crippen molar-refractivity contribution in [2.45, 2.75) is 39.9 Å². The van der Waals surface area contributed by atoms with Gasteiger partial charge in [0, 0.05) is 25.3 Å². The first-order valence-electron chi connectivity index (χ1n) is 4.85. The van der Waals surface area contributed by atoms with Crippen molar-refractivity contribution in [3.63, 3.8) is 0 Å². The Morgan fingerprint density at radius 3 is 2.85 bits per heavy atom. The molecule has 0 aliphatic carbocycles. The first-order valence-corrected chi connectivity index (χ1v) is 4.85. The van der Waals surface area contributed by atoms with Gasteiger partial charge in [0.1, 0.15) is 0 Å². The first-order chi connectivity index (χ1) is 6.16. The lowest BCUT2D eigenvalue weighted by atomic mass is 10.2. The molecule has 0 fully saturated rings. The van der Waals surface area contributed by atoms with E-state index in [1.165, 1.54) is 16.8 Å². The number of pyridine rings is 1. The van der Waals surface area contributed by atoms with E-state index in [-0.39, 0.29) is 0 Å². The molecule has 0 radical (unpaired) electrons. The van der Waals surface area contributed by atoms with E-state index in [9.17, 15) is 0 Å². The second kappa shape index (κ2) is 3.11. The molecule has 0 saturated carbocycles. The fourth-order valence-corrected chi connectivity index (χ4v) is 1.77. The van der Waals surface area contributed by atoms with Crippen LogP contribution in [-0.2, 0) is 13.1 Å². The molecule has 1 aliphatic rings. The fourth-order valence-electron chi connectivity index (χ4n) is 1.77. The predicted molar refractivity (Wildman–Crippen MR) is 53.4 cm³/mol. The molecule has 0 N–H and O–H groups in total. The molecule has 70 valence electrons. The summed E-state index contributed by atoms with van der Waals surface area (Å²) in [6, 6.07) is 2.87. The van der Waals surface area contributed by atoms with E-state index >= 15 is 0 Å². The van der Waals surface area contributed by atoms with Crippen molar-refractivity contribution in [2.75, 3.05) is 0 Å². The van der Waals surface area contributed by atoms with Crippen molar-refractivity contribution in [3.05, 3.63) is 29.1 Å². The van der Waals surface area contributed by atoms with Gasteiger partial charge in [0.05, 0.1) is 5.69 Å². The van der Waals surface area contributed by atoms with Crippen LogP contribution in [0.4, 0.5) is 0 Å². The molecule has 0 spiro atoms. The molecule has 0 aromatic carbocycles. The minimum absolute atomic E-state index is 0.620. The van der Waals surface area contributed by atoms with Gasteiger partial charge in [0.15, 0.2) is 0 Å². The minimum Gasteiger partial charge on any atom is -0.291 e. The summed E-state index contributed by atoms with van der Waals surface area (Å²) in [5, 5.41) is 0. The number of hydrogen-bond donors (Lipinski definition) is 0. The number of hydrogen-bond acceptors (Lipinski definition) is 2. The van der Waals surface area contributed by atoms with Crippen LogP contribution in [0.5, 0.6) is 0 Å². The normalized spacial score (nSPS) is 16.6. The van der Waals surface area contributed by atoms with Crippen LogP contribution in [-0.4, -0.2) is 15.9 Å². The highest BCUT2D eigenvalue weighted by atomic mass is 15.2. The molecule has 1 aromatic heterocycles. The van der Waals surface area contributed by atoms with Gasteiger partial charge < -0.3 is 0 Å². The lowest BCUT2D eigenvalue weighted by Crippen LogP contribution is -2.24. The topological polar surface area (TPSA) is 16.1 Å². The predicted octanol–water partition coefficient (Wildman–Crippen LogP) is 2.11. The highest BCUT2D eigenvalue weighted by Gasteiger charge is 2.21. The molecule has 1 aromatic rings. The fraction of sp³-hybridized carbons (Fsp3) is 0.545. The Kier molecular flexibility index (Phi) is 2.08. The van der Waals surface area contributed by atoms with E-state index in [1.807, 2.05) is 6.20 Å². The number of fused-ring (bicyclic) bond motifs is 1. The van der Waals surface area contributed by atoms with Gasteiger partial charge >= 0.3 is 0 Å². The molecule has 2 heteroatoms. The van der Waals surface area contributed by atoms with Crippen molar-refractivity contribution in [3.8, 4) is 0 Å². The van der Waals surface area contributed by atoms with E-state index in [0.717, 1.165) is 13.1 Å². The van der Waals surface area contributed by atoms with Gasteiger partial charge in [0.2, 0.25) is 0 Å². The van der Waals surface area contributed by atoms with Crippen LogP contribution in [0.3, 0.4) is 0 Å². The van der Waals surface area contributed by atoms with Gasteiger partial charge in [0.25, 0.3) is 0 Å². The number of aromatic nitrogens is 1. The van der Waals surface area contributed by atoms with Gasteiger partial charge in [-0.05, 0) is 31.9 Å². The van der Waals surface area contributed by atoms with E-state index < -0.39 is 0 Å². The Morgan fingerprint density at radius 2 is 2.15 bits per heavy atom. The number of rotatable bonds is 1. The summed E-state index contributed by atoms with van der Waals surface area (Å²) in [5.41, 5.74) is 3.94. The summed E-state index contributed by atoms with van der Waals surface area (Å²) in [6.07, 6.45) is 1.96. The van der Waals surface area contributed by atoms with E-state index in [2.05, 4.69) is 36.7 Å². The van der Waals surface area contributed by atoms with Crippen LogP contribution in [0.2, 0.25) is 0 Å². The van der Waals surface area contributed by atoms with Crippen LogP contribution in [0, 0.1) is 6.92 Å². The van der Waals surface area contributed by atoms with Crippen molar-refractivity contribution < 1.29 is 0 Å². The SMILES string of the molecule is Cc1cnc2c(c1)CN(C(C)C)C2. The summed E-state index contributed by atoms with van der Waals surface area (Å²) in [5.74, 6) is 0. The Morgan fingerprint density at radius 1 is 1.38 bits per heavy atom. The van der Waals surface area contributed by atoms with Gasteiger partial charge in [-0.2, -0.15) is 0 Å². The summed E-state index contributed by atoms with van der Waals surface area (Å²) >= 11 is 0. The van der Waals surface area contributed by atoms with Gasteiger partial charge in [-0.15, -0.1) is 0 Å². The quantitative estimate of drug-likeness (QED) is 0.651. The summed E-state index contributed by atoms with van der Waals surface area (Å²) in [7, 11) is 0. The Balaban J connectivity index is 2.25. The van der Waals surface area contributed by atoms with Crippen molar-refractivity contribution in [1.82, 2.24) is 9.88 Å². The van der Waals surface area contributed by atoms with Crippen molar-refractivity contribution in [2.24, 2.45) is 0 Å². The molecule has 1 aliphatic heterocycles. The number of nitrogens with zero attached hydrogens (tertiary/aromatic N) is 2. The van der Waals surface area contributed by atoms with Crippen molar-refractivity contribution >= 4 is 0 Å². The molecule has 13 heavy (non-hydrogen) atoms. The molecule has 2 nitrogen and oxygen atoms in total. The highest BCUT2D eigenvalue weighted by Crippen LogP contribution is 2.22. The molecular weight excluding hydrogens is 160 g/mol. The molecule has 0 unspecified atom stereocenters. The first kappa shape index (κ1) is 8.70. The maximum Gasteiger partial charge on any atom is 0.0589 e. The standard InChI is InChI=1S/C11H16N2/c1-8(2)13-6-10-4-9(3)5-12-11(10)7-13/h4-5,8H,6-7H2,1-3H3. The average molecular weight is 176 g/mol. The van der Waals surface area contributed by atoms with Gasteiger partial charge in [-0.25, -0.2) is 0 Å². The molecular formula is C11H16N2. The second-order valence-corrected chi connectivity index (χ2v) is 4.12. The smallest absolute Gasteiger partial charge is 0.0589 e. The average Bonchev–Trinajstić information content (AvgIpc) is 2.46. The Hall–Kier alpha value is -0.890. The molecule has 0 bridgehead atoms. The lowest BCUT2D eigenvalue weighted by Gasteiger charge is -2.18. The third-order valence-corrected chi connectivity index (χ3v) is 2.65. The maximum absolute atomic E-state index is 4.45. The van der Waals surface area contributed by atoms with E-state index in [1.54, 1.807) is 0 Å². The molecule has 2 rings (SSSR count). The molecule has 2 heterocycles. The van der Waals surface area contributed by atoms with Crippen LogP contribution in [0.25, 0.3) is 0 Å². The highest BCUT2D eigenvalue weighted by molar-refractivity contribution is 5.27. The zero-order valence-electron chi connectivity index (χ0n) is 8.54. The summed E-state index contributed by atoms with van der Waals surface area (Å²) < 4.78 is 0. The van der Waals surface area contributed by atoms with E-state index in [0.29, 0.717) is 6.04 Å². The third-order valence-electron chi connectivity index (χ3n) is 2.65.